The van der Waals surface area contributed by atoms with E-state index in [1.54, 1.807) is 12.1 Å². The van der Waals surface area contributed by atoms with Crippen LogP contribution in [0.5, 0.6) is 0 Å². The summed E-state index contributed by atoms with van der Waals surface area (Å²) < 4.78 is 19.2. The first-order chi connectivity index (χ1) is 10.0. The Morgan fingerprint density at radius 2 is 2.10 bits per heavy atom. The number of para-hydroxylation sites is 2. The van der Waals surface area contributed by atoms with E-state index in [9.17, 15) is 9.18 Å². The minimum absolute atomic E-state index is 0.154. The van der Waals surface area contributed by atoms with E-state index in [1.165, 1.54) is 0 Å². The Bertz CT molecular complexity index is 814. The maximum Gasteiger partial charge on any atom is 0.338 e. The van der Waals surface area contributed by atoms with Crippen LogP contribution in [0.25, 0.3) is 11.1 Å². The van der Waals surface area contributed by atoms with Crippen LogP contribution in [-0.2, 0) is 0 Å². The van der Waals surface area contributed by atoms with E-state index in [-0.39, 0.29) is 5.69 Å². The summed E-state index contributed by atoms with van der Waals surface area (Å²) in [5.74, 6) is -2.21. The fourth-order valence-corrected chi connectivity index (χ4v) is 2.62. The Kier molecular flexibility index (Phi) is 3.26. The molecule has 1 aromatic heterocycles. The smallest absolute Gasteiger partial charge is 0.338 e. The average Bonchev–Trinajstić information content (AvgIpc) is 2.84. The van der Waals surface area contributed by atoms with E-state index in [2.05, 4.69) is 4.98 Å². The Balaban J connectivity index is 1.97. The zero-order chi connectivity index (χ0) is 15.0. The molecular formula is C14H9FN2O3S. The van der Waals surface area contributed by atoms with Crippen molar-refractivity contribution in [1.29, 1.82) is 0 Å². The fraction of sp³-hybridized carbons (Fsp3) is 0. The van der Waals surface area contributed by atoms with Gasteiger partial charge in [0.05, 0.1) is 5.56 Å². The number of aromatic carboxylic acids is 1. The lowest BCUT2D eigenvalue weighted by atomic mass is 10.2. The zero-order valence-electron chi connectivity index (χ0n) is 10.5. The summed E-state index contributed by atoms with van der Waals surface area (Å²) in [4.78, 5) is 15.4. The van der Waals surface area contributed by atoms with Gasteiger partial charge in [-0.25, -0.2) is 14.2 Å². The molecule has 0 saturated heterocycles. The van der Waals surface area contributed by atoms with Gasteiger partial charge in [-0.1, -0.05) is 12.1 Å². The molecule has 0 saturated carbocycles. The molecule has 106 valence electrons. The van der Waals surface area contributed by atoms with Crippen LogP contribution in [0.4, 0.5) is 10.1 Å². The number of aromatic nitrogens is 1. The molecule has 0 radical (unpaired) electrons. The molecule has 21 heavy (non-hydrogen) atoms. The van der Waals surface area contributed by atoms with Crippen molar-refractivity contribution in [2.24, 2.45) is 0 Å². The molecule has 0 aliphatic heterocycles. The van der Waals surface area contributed by atoms with E-state index in [0.717, 1.165) is 23.9 Å². The molecule has 2 aromatic carbocycles. The zero-order valence-corrected chi connectivity index (χ0v) is 11.4. The number of rotatable bonds is 3. The van der Waals surface area contributed by atoms with Gasteiger partial charge >= 0.3 is 5.97 Å². The lowest BCUT2D eigenvalue weighted by Crippen LogP contribution is -2.03. The maximum atomic E-state index is 13.7. The quantitative estimate of drug-likeness (QED) is 0.721. The van der Waals surface area contributed by atoms with Crippen molar-refractivity contribution in [3.05, 3.63) is 47.8 Å². The standard InChI is InChI=1S/C14H9FN2O3S/c15-8-6-12(9(16)5-7(8)13(18)19)21-14-17-10-3-1-2-4-11(10)20-14/h1-6H,16H2,(H,18,19). The van der Waals surface area contributed by atoms with Crippen molar-refractivity contribution in [1.82, 2.24) is 4.98 Å². The summed E-state index contributed by atoms with van der Waals surface area (Å²) in [5, 5.41) is 9.14. The normalized spacial score (nSPS) is 10.9. The van der Waals surface area contributed by atoms with E-state index < -0.39 is 17.3 Å². The number of halogens is 1. The van der Waals surface area contributed by atoms with Crippen molar-refractivity contribution in [3.63, 3.8) is 0 Å². The van der Waals surface area contributed by atoms with Gasteiger partial charge in [0.15, 0.2) is 5.58 Å². The van der Waals surface area contributed by atoms with Crippen LogP contribution < -0.4 is 5.73 Å². The molecular weight excluding hydrogens is 295 g/mol. The van der Waals surface area contributed by atoms with Gasteiger partial charge < -0.3 is 15.3 Å². The summed E-state index contributed by atoms with van der Waals surface area (Å²) in [6, 6.07) is 9.36. The number of carboxylic acids is 1. The largest absolute Gasteiger partial charge is 0.478 e. The third kappa shape index (κ3) is 2.55. The first kappa shape index (κ1) is 13.4. The van der Waals surface area contributed by atoms with Crippen LogP contribution in [0.3, 0.4) is 0 Å². The van der Waals surface area contributed by atoms with Crippen molar-refractivity contribution < 1.29 is 18.7 Å². The predicted molar refractivity (Wildman–Crippen MR) is 75.9 cm³/mol. The molecule has 0 amide bonds. The van der Waals surface area contributed by atoms with E-state index in [0.29, 0.717) is 21.2 Å². The number of oxazole rings is 1. The minimum Gasteiger partial charge on any atom is -0.478 e. The molecule has 0 bridgehead atoms. The van der Waals surface area contributed by atoms with Gasteiger partial charge in [-0.2, -0.15) is 0 Å². The SMILES string of the molecule is Nc1cc(C(=O)O)c(F)cc1Sc1nc2ccccc2o1. The number of nitrogens with two attached hydrogens (primary N) is 1. The monoisotopic (exact) mass is 304 g/mol. The van der Waals surface area contributed by atoms with Crippen LogP contribution >= 0.6 is 11.8 Å². The van der Waals surface area contributed by atoms with Crippen molar-refractivity contribution in [3.8, 4) is 0 Å². The van der Waals surface area contributed by atoms with E-state index in [4.69, 9.17) is 15.3 Å². The van der Waals surface area contributed by atoms with E-state index >= 15 is 0 Å². The fourth-order valence-electron chi connectivity index (χ4n) is 1.81. The number of fused-ring (bicyclic) bond motifs is 1. The molecule has 1 heterocycles. The molecule has 0 spiro atoms. The minimum atomic E-state index is -1.36. The lowest BCUT2D eigenvalue weighted by Gasteiger charge is -2.05. The second-order valence-electron chi connectivity index (χ2n) is 4.22. The number of benzene rings is 2. The second kappa shape index (κ2) is 5.10. The molecule has 3 rings (SSSR count). The molecule has 5 nitrogen and oxygen atoms in total. The first-order valence-corrected chi connectivity index (χ1v) is 6.72. The molecule has 7 heteroatoms. The van der Waals surface area contributed by atoms with Crippen LogP contribution in [0.2, 0.25) is 0 Å². The molecule has 3 aromatic rings. The lowest BCUT2D eigenvalue weighted by molar-refractivity contribution is 0.0692. The Hall–Kier alpha value is -2.54. The molecule has 0 atom stereocenters. The summed E-state index contributed by atoms with van der Waals surface area (Å²) in [6.45, 7) is 0. The van der Waals surface area contributed by atoms with Crippen LogP contribution in [0.1, 0.15) is 10.4 Å². The second-order valence-corrected chi connectivity index (χ2v) is 5.22. The van der Waals surface area contributed by atoms with Crippen LogP contribution in [-0.4, -0.2) is 16.1 Å². The van der Waals surface area contributed by atoms with Crippen LogP contribution in [0, 0.1) is 5.82 Å². The highest BCUT2D eigenvalue weighted by Gasteiger charge is 2.16. The van der Waals surface area contributed by atoms with Gasteiger partial charge in [-0.05, 0) is 36.0 Å². The number of carboxylic acid groups (broad SMARTS) is 1. The summed E-state index contributed by atoms with van der Waals surface area (Å²) in [6.07, 6.45) is 0. The summed E-state index contributed by atoms with van der Waals surface area (Å²) in [5.41, 5.74) is 6.73. The number of carbonyl (C=O) groups is 1. The molecule has 3 N–H and O–H groups in total. The number of nitrogens with zero attached hydrogens (tertiary/aromatic N) is 1. The van der Waals surface area contributed by atoms with Gasteiger partial charge in [-0.3, -0.25) is 0 Å². The van der Waals surface area contributed by atoms with Gasteiger partial charge in [0.25, 0.3) is 5.22 Å². The molecule has 0 aliphatic rings. The van der Waals surface area contributed by atoms with E-state index in [1.807, 2.05) is 12.1 Å². The van der Waals surface area contributed by atoms with Gasteiger partial charge in [-0.15, -0.1) is 0 Å². The van der Waals surface area contributed by atoms with Gasteiger partial charge in [0.1, 0.15) is 11.3 Å². The molecule has 0 unspecified atom stereocenters. The summed E-state index contributed by atoms with van der Waals surface area (Å²) in [7, 11) is 0. The third-order valence-corrected chi connectivity index (χ3v) is 3.72. The average molecular weight is 304 g/mol. The highest BCUT2D eigenvalue weighted by molar-refractivity contribution is 7.99. The topological polar surface area (TPSA) is 89.4 Å². The highest BCUT2D eigenvalue weighted by atomic mass is 32.2. The maximum absolute atomic E-state index is 13.7. The Morgan fingerprint density at radius 3 is 2.81 bits per heavy atom. The van der Waals surface area contributed by atoms with Crippen molar-refractivity contribution in [2.75, 3.05) is 5.73 Å². The van der Waals surface area contributed by atoms with Gasteiger partial charge in [0.2, 0.25) is 0 Å². The predicted octanol–water partition coefficient (Wildman–Crippen LogP) is 3.40. The Morgan fingerprint density at radius 1 is 1.33 bits per heavy atom. The third-order valence-electron chi connectivity index (χ3n) is 2.80. The number of nitrogen functional groups attached to an aromatic ring is 1. The first-order valence-electron chi connectivity index (χ1n) is 5.90. The number of hydrogen-bond donors (Lipinski definition) is 2. The van der Waals surface area contributed by atoms with Crippen molar-refractivity contribution >= 4 is 34.5 Å². The summed E-state index contributed by atoms with van der Waals surface area (Å²) >= 11 is 1.04. The van der Waals surface area contributed by atoms with Gasteiger partial charge in [0, 0.05) is 10.6 Å². The number of anilines is 1. The molecule has 0 aliphatic carbocycles. The van der Waals surface area contributed by atoms with Crippen molar-refractivity contribution in [2.45, 2.75) is 10.1 Å². The van der Waals surface area contributed by atoms with Crippen LogP contribution in [0.15, 0.2) is 50.9 Å². The highest BCUT2D eigenvalue weighted by Crippen LogP contribution is 2.34. The number of hydrogen-bond acceptors (Lipinski definition) is 5. The Labute approximate surface area is 122 Å². The molecule has 0 fully saturated rings.